The summed E-state index contributed by atoms with van der Waals surface area (Å²) in [6.07, 6.45) is 6.65. The molecule has 1 aliphatic rings. The van der Waals surface area contributed by atoms with Gasteiger partial charge < -0.3 is 14.3 Å². The minimum absolute atomic E-state index is 0.148. The van der Waals surface area contributed by atoms with E-state index in [1.54, 1.807) is 25.3 Å². The third-order valence-electron chi connectivity index (χ3n) is 4.93. The average Bonchev–Trinajstić information content (AvgIpc) is 2.70. The predicted octanol–water partition coefficient (Wildman–Crippen LogP) is 4.34. The molecule has 3 rings (SSSR count). The largest absolute Gasteiger partial charge is 0.353 e. The standard InChI is InChI=1S/C22H26FNO3/c1-16-5-4-6-18(22(16)23)13-17-8-9-20(24-14-17)19(15-25)10-12-27-21-7-2-3-11-26-21/h4-6,8-9,14-15,19,21H,2-3,7,10-13H2,1H3. The van der Waals surface area contributed by atoms with Gasteiger partial charge in [-0.25, -0.2) is 4.39 Å². The molecule has 0 amide bonds. The van der Waals surface area contributed by atoms with Crippen LogP contribution in [0.5, 0.6) is 0 Å². The van der Waals surface area contributed by atoms with E-state index < -0.39 is 0 Å². The van der Waals surface area contributed by atoms with E-state index in [0.29, 0.717) is 36.3 Å². The molecule has 144 valence electrons. The molecule has 0 aliphatic carbocycles. The lowest BCUT2D eigenvalue weighted by atomic mass is 10.00. The summed E-state index contributed by atoms with van der Waals surface area (Å²) in [5.74, 6) is -0.479. The molecule has 1 aromatic carbocycles. The Hall–Kier alpha value is -2.11. The SMILES string of the molecule is Cc1cccc(Cc2ccc(C(C=O)CCOC3CCCCO3)nc2)c1F. The number of benzene rings is 1. The van der Waals surface area contributed by atoms with E-state index in [1.807, 2.05) is 18.2 Å². The van der Waals surface area contributed by atoms with E-state index in [0.717, 1.165) is 37.7 Å². The molecular weight excluding hydrogens is 345 g/mol. The van der Waals surface area contributed by atoms with Gasteiger partial charge in [0.2, 0.25) is 0 Å². The van der Waals surface area contributed by atoms with E-state index in [1.165, 1.54) is 0 Å². The van der Waals surface area contributed by atoms with Gasteiger partial charge >= 0.3 is 0 Å². The molecule has 0 radical (unpaired) electrons. The quantitative estimate of drug-likeness (QED) is 0.648. The molecular formula is C22H26FNO3. The third-order valence-corrected chi connectivity index (χ3v) is 4.93. The Labute approximate surface area is 159 Å². The average molecular weight is 371 g/mol. The van der Waals surface area contributed by atoms with Crippen LogP contribution in [0, 0.1) is 12.7 Å². The van der Waals surface area contributed by atoms with Crippen LogP contribution in [0.3, 0.4) is 0 Å². The van der Waals surface area contributed by atoms with Gasteiger partial charge in [-0.1, -0.05) is 24.3 Å². The zero-order chi connectivity index (χ0) is 19.1. The molecule has 2 atom stereocenters. The number of aldehydes is 1. The summed E-state index contributed by atoms with van der Waals surface area (Å²) in [7, 11) is 0. The van der Waals surface area contributed by atoms with Gasteiger partial charge in [0.05, 0.1) is 18.2 Å². The molecule has 1 fully saturated rings. The molecule has 0 saturated carbocycles. The van der Waals surface area contributed by atoms with Crippen molar-refractivity contribution in [3.05, 3.63) is 64.7 Å². The van der Waals surface area contributed by atoms with Gasteiger partial charge in [0.25, 0.3) is 0 Å². The first-order chi connectivity index (χ1) is 13.2. The first kappa shape index (κ1) is 19.6. The van der Waals surface area contributed by atoms with Crippen LogP contribution >= 0.6 is 0 Å². The Balaban J connectivity index is 1.55. The molecule has 0 spiro atoms. The van der Waals surface area contributed by atoms with E-state index in [-0.39, 0.29) is 18.0 Å². The number of aryl methyl sites for hydroxylation is 1. The first-order valence-corrected chi connectivity index (χ1v) is 9.54. The Morgan fingerprint density at radius 1 is 1.33 bits per heavy atom. The molecule has 0 bridgehead atoms. The highest BCUT2D eigenvalue weighted by Gasteiger charge is 2.17. The first-order valence-electron chi connectivity index (χ1n) is 9.54. The second kappa shape index (κ2) is 9.72. The van der Waals surface area contributed by atoms with Gasteiger partial charge in [-0.2, -0.15) is 0 Å². The number of carbonyl (C=O) groups is 1. The number of pyridine rings is 1. The van der Waals surface area contributed by atoms with Crippen LogP contribution < -0.4 is 0 Å². The summed E-state index contributed by atoms with van der Waals surface area (Å²) in [5, 5.41) is 0. The van der Waals surface area contributed by atoms with Crippen molar-refractivity contribution in [2.24, 2.45) is 0 Å². The van der Waals surface area contributed by atoms with Gasteiger partial charge in [-0.15, -0.1) is 0 Å². The summed E-state index contributed by atoms with van der Waals surface area (Å²) in [4.78, 5) is 15.9. The monoisotopic (exact) mass is 371 g/mol. The maximum Gasteiger partial charge on any atom is 0.157 e. The summed E-state index contributed by atoms with van der Waals surface area (Å²) < 4.78 is 25.4. The van der Waals surface area contributed by atoms with Crippen molar-refractivity contribution >= 4 is 6.29 Å². The number of ether oxygens (including phenoxy) is 2. The van der Waals surface area contributed by atoms with Gasteiger partial charge in [0.15, 0.2) is 6.29 Å². The molecule has 2 unspecified atom stereocenters. The molecule has 2 heterocycles. The highest BCUT2D eigenvalue weighted by atomic mass is 19.1. The lowest BCUT2D eigenvalue weighted by molar-refractivity contribution is -0.163. The van der Waals surface area contributed by atoms with Crippen molar-refractivity contribution in [1.82, 2.24) is 4.98 Å². The Morgan fingerprint density at radius 2 is 2.22 bits per heavy atom. The topological polar surface area (TPSA) is 48.4 Å². The Kier molecular flexibility index (Phi) is 7.07. The van der Waals surface area contributed by atoms with E-state index in [9.17, 15) is 9.18 Å². The number of rotatable bonds is 8. The molecule has 1 aromatic heterocycles. The fourth-order valence-electron chi connectivity index (χ4n) is 3.28. The van der Waals surface area contributed by atoms with Crippen molar-refractivity contribution in [3.8, 4) is 0 Å². The van der Waals surface area contributed by atoms with Crippen LogP contribution in [0.1, 0.15) is 54.0 Å². The maximum absolute atomic E-state index is 14.2. The van der Waals surface area contributed by atoms with Crippen molar-refractivity contribution in [3.63, 3.8) is 0 Å². The fourth-order valence-corrected chi connectivity index (χ4v) is 3.28. The predicted molar refractivity (Wildman–Crippen MR) is 101 cm³/mol. The summed E-state index contributed by atoms with van der Waals surface area (Å²) >= 11 is 0. The Morgan fingerprint density at radius 3 is 2.93 bits per heavy atom. The summed E-state index contributed by atoms with van der Waals surface area (Å²) in [6.45, 7) is 2.97. The van der Waals surface area contributed by atoms with E-state index in [4.69, 9.17) is 9.47 Å². The number of carbonyl (C=O) groups excluding carboxylic acids is 1. The molecule has 4 nitrogen and oxygen atoms in total. The third kappa shape index (κ3) is 5.44. The van der Waals surface area contributed by atoms with Crippen LogP contribution in [0.15, 0.2) is 36.5 Å². The van der Waals surface area contributed by atoms with Crippen LogP contribution in [0.4, 0.5) is 4.39 Å². The fraction of sp³-hybridized carbons (Fsp3) is 0.455. The van der Waals surface area contributed by atoms with Crippen molar-refractivity contribution < 1.29 is 18.7 Å². The normalized spacial score (nSPS) is 18.2. The maximum atomic E-state index is 14.2. The van der Waals surface area contributed by atoms with Gasteiger partial charge in [0.1, 0.15) is 12.1 Å². The second-order valence-electron chi connectivity index (χ2n) is 7.01. The van der Waals surface area contributed by atoms with Crippen molar-refractivity contribution in [2.45, 2.75) is 51.2 Å². The lowest BCUT2D eigenvalue weighted by Crippen LogP contribution is -2.23. The minimum Gasteiger partial charge on any atom is -0.353 e. The number of aromatic nitrogens is 1. The van der Waals surface area contributed by atoms with Gasteiger partial charge in [0, 0.05) is 19.2 Å². The summed E-state index contributed by atoms with van der Waals surface area (Å²) in [6, 6.07) is 9.16. The second-order valence-corrected chi connectivity index (χ2v) is 7.01. The van der Waals surface area contributed by atoms with Crippen molar-refractivity contribution in [1.29, 1.82) is 0 Å². The minimum atomic E-state index is -0.307. The van der Waals surface area contributed by atoms with Crippen LogP contribution in [-0.4, -0.2) is 30.8 Å². The number of hydrogen-bond donors (Lipinski definition) is 0. The van der Waals surface area contributed by atoms with Gasteiger partial charge in [-0.05, 0) is 55.4 Å². The number of nitrogens with zero attached hydrogens (tertiary/aromatic N) is 1. The highest BCUT2D eigenvalue weighted by molar-refractivity contribution is 5.60. The molecule has 1 saturated heterocycles. The van der Waals surface area contributed by atoms with Crippen LogP contribution in [0.2, 0.25) is 0 Å². The highest BCUT2D eigenvalue weighted by Crippen LogP contribution is 2.20. The number of hydrogen-bond acceptors (Lipinski definition) is 4. The molecule has 1 aliphatic heterocycles. The smallest absolute Gasteiger partial charge is 0.157 e. The molecule has 0 N–H and O–H groups in total. The molecule has 2 aromatic rings. The van der Waals surface area contributed by atoms with Crippen LogP contribution in [0.25, 0.3) is 0 Å². The van der Waals surface area contributed by atoms with E-state index >= 15 is 0 Å². The lowest BCUT2D eigenvalue weighted by Gasteiger charge is -2.23. The molecule has 27 heavy (non-hydrogen) atoms. The molecule has 5 heteroatoms. The zero-order valence-corrected chi connectivity index (χ0v) is 15.7. The van der Waals surface area contributed by atoms with Gasteiger partial charge in [-0.3, -0.25) is 4.98 Å². The number of halogens is 1. The Bertz CT molecular complexity index is 742. The zero-order valence-electron chi connectivity index (χ0n) is 15.7. The summed E-state index contributed by atoms with van der Waals surface area (Å²) in [5.41, 5.74) is 2.92. The van der Waals surface area contributed by atoms with E-state index in [2.05, 4.69) is 4.98 Å². The van der Waals surface area contributed by atoms with Crippen molar-refractivity contribution in [2.75, 3.05) is 13.2 Å². The van der Waals surface area contributed by atoms with Crippen LogP contribution in [-0.2, 0) is 20.7 Å².